The van der Waals surface area contributed by atoms with Gasteiger partial charge in [-0.15, -0.1) is 5.10 Å². The second kappa shape index (κ2) is 6.58. The lowest BCUT2D eigenvalue weighted by Gasteiger charge is -2.41. The zero-order valence-corrected chi connectivity index (χ0v) is 14.7. The number of carbonyl (C=O) groups is 1. The number of aromatic amines is 1. The van der Waals surface area contributed by atoms with Crippen molar-refractivity contribution in [3.05, 3.63) is 47.9 Å². The highest BCUT2D eigenvalue weighted by Gasteiger charge is 2.31. The maximum atomic E-state index is 13.1. The molecule has 1 unspecified atom stereocenters. The molecule has 26 heavy (non-hydrogen) atoms. The molecule has 1 aliphatic heterocycles. The van der Waals surface area contributed by atoms with Crippen LogP contribution in [-0.2, 0) is 0 Å². The molecule has 1 atom stereocenters. The highest BCUT2D eigenvalue weighted by atomic mass is 16.2. The Morgan fingerprint density at radius 3 is 2.85 bits per heavy atom. The summed E-state index contributed by atoms with van der Waals surface area (Å²) in [6.07, 6.45) is 2.96. The van der Waals surface area contributed by atoms with Crippen molar-refractivity contribution in [3.8, 4) is 5.82 Å². The average molecular weight is 352 g/mol. The largest absolute Gasteiger partial charge is 0.367 e. The Morgan fingerprint density at radius 2 is 2.12 bits per heavy atom. The molecule has 1 amide bonds. The number of hydrogen-bond acceptors (Lipinski definition) is 6. The fourth-order valence-corrected chi connectivity index (χ4v) is 3.43. The molecule has 1 fully saturated rings. The lowest BCUT2D eigenvalue weighted by molar-refractivity contribution is 0.0674. The van der Waals surface area contributed by atoms with Crippen LogP contribution < -0.4 is 4.90 Å². The summed E-state index contributed by atoms with van der Waals surface area (Å²) >= 11 is 0. The molecule has 1 N–H and O–H groups in total. The predicted octanol–water partition coefficient (Wildman–Crippen LogP) is 1.04. The summed E-state index contributed by atoms with van der Waals surface area (Å²) < 4.78 is 1.41. The molecular formula is C17H20N8O. The van der Waals surface area contributed by atoms with Gasteiger partial charge in [-0.05, 0) is 35.9 Å². The second-order valence-corrected chi connectivity index (χ2v) is 6.47. The molecule has 9 nitrogen and oxygen atoms in total. The summed E-state index contributed by atoms with van der Waals surface area (Å²) in [5.74, 6) is 0.412. The monoisotopic (exact) mass is 352 g/mol. The first-order chi connectivity index (χ1) is 12.6. The number of amides is 1. The molecule has 0 spiro atoms. The Kier molecular flexibility index (Phi) is 4.11. The number of carbonyl (C=O) groups excluding carboxylic acids is 1. The Labute approximate surface area is 150 Å². The fraction of sp³-hybridized carbons (Fsp3) is 0.353. The van der Waals surface area contributed by atoms with Gasteiger partial charge in [0.05, 0.1) is 6.20 Å². The molecule has 3 aromatic rings. The number of benzene rings is 1. The minimum atomic E-state index is -0.0683. The van der Waals surface area contributed by atoms with E-state index in [1.807, 2.05) is 11.0 Å². The van der Waals surface area contributed by atoms with Gasteiger partial charge in [0.25, 0.3) is 5.91 Å². The van der Waals surface area contributed by atoms with E-state index in [4.69, 9.17) is 0 Å². The first-order valence-electron chi connectivity index (χ1n) is 8.53. The first-order valence-corrected chi connectivity index (χ1v) is 8.53. The molecule has 1 aliphatic rings. The normalized spacial score (nSPS) is 17.5. The van der Waals surface area contributed by atoms with Gasteiger partial charge in [0.2, 0.25) is 0 Å². The maximum absolute atomic E-state index is 13.1. The molecular weight excluding hydrogens is 332 g/mol. The van der Waals surface area contributed by atoms with Crippen molar-refractivity contribution >= 4 is 11.6 Å². The SMILES string of the molecule is Cc1ccccc1N1CCN(C(=O)c2cn[nH]c2-n2cnnn2)C(C)C1. The number of piperazine rings is 1. The number of nitrogens with one attached hydrogen (secondary N) is 1. The highest BCUT2D eigenvalue weighted by Crippen LogP contribution is 2.24. The Morgan fingerprint density at radius 1 is 1.27 bits per heavy atom. The zero-order valence-electron chi connectivity index (χ0n) is 14.7. The van der Waals surface area contributed by atoms with E-state index in [9.17, 15) is 4.79 Å². The topological polar surface area (TPSA) is 95.8 Å². The first kappa shape index (κ1) is 16.2. The van der Waals surface area contributed by atoms with Crippen LogP contribution in [-0.4, -0.2) is 66.9 Å². The Bertz CT molecular complexity index is 903. The number of nitrogens with zero attached hydrogens (tertiary/aromatic N) is 7. The quantitative estimate of drug-likeness (QED) is 0.757. The summed E-state index contributed by atoms with van der Waals surface area (Å²) in [5, 5.41) is 17.8. The Hall–Kier alpha value is -3.23. The molecule has 0 aliphatic carbocycles. The van der Waals surface area contributed by atoms with Gasteiger partial charge < -0.3 is 9.80 Å². The van der Waals surface area contributed by atoms with Gasteiger partial charge in [-0.3, -0.25) is 9.89 Å². The zero-order chi connectivity index (χ0) is 18.1. The third-order valence-electron chi connectivity index (χ3n) is 4.77. The van der Waals surface area contributed by atoms with Crippen LogP contribution in [0.25, 0.3) is 5.82 Å². The van der Waals surface area contributed by atoms with Crippen molar-refractivity contribution in [3.63, 3.8) is 0 Å². The fourth-order valence-electron chi connectivity index (χ4n) is 3.43. The number of anilines is 1. The number of H-pyrrole nitrogens is 1. The van der Waals surface area contributed by atoms with Crippen LogP contribution in [0, 0.1) is 6.92 Å². The molecule has 0 saturated carbocycles. The summed E-state index contributed by atoms with van der Waals surface area (Å²) in [6, 6.07) is 8.41. The van der Waals surface area contributed by atoms with Crippen LogP contribution in [0.3, 0.4) is 0 Å². The summed E-state index contributed by atoms with van der Waals surface area (Å²) in [6.45, 7) is 6.41. The molecule has 4 rings (SSSR count). The van der Waals surface area contributed by atoms with Crippen LogP contribution in [0.4, 0.5) is 5.69 Å². The average Bonchev–Trinajstić information content (AvgIpc) is 3.32. The number of tetrazole rings is 1. The number of hydrogen-bond donors (Lipinski definition) is 1. The summed E-state index contributed by atoms with van der Waals surface area (Å²) in [7, 11) is 0. The molecule has 134 valence electrons. The van der Waals surface area contributed by atoms with E-state index < -0.39 is 0 Å². The van der Waals surface area contributed by atoms with Crippen LogP contribution in [0.5, 0.6) is 0 Å². The van der Waals surface area contributed by atoms with Crippen molar-refractivity contribution in [1.82, 2.24) is 35.3 Å². The molecule has 2 aromatic heterocycles. The number of para-hydroxylation sites is 1. The van der Waals surface area contributed by atoms with Crippen molar-refractivity contribution in [2.75, 3.05) is 24.5 Å². The molecule has 9 heteroatoms. The van der Waals surface area contributed by atoms with Crippen LogP contribution >= 0.6 is 0 Å². The maximum Gasteiger partial charge on any atom is 0.259 e. The third kappa shape index (κ3) is 2.81. The summed E-state index contributed by atoms with van der Waals surface area (Å²) in [4.78, 5) is 17.3. The molecule has 3 heterocycles. The van der Waals surface area contributed by atoms with Gasteiger partial charge in [0.1, 0.15) is 11.9 Å². The summed E-state index contributed by atoms with van der Waals surface area (Å²) in [5.41, 5.74) is 2.94. The van der Waals surface area contributed by atoms with Crippen LogP contribution in [0.2, 0.25) is 0 Å². The van der Waals surface area contributed by atoms with Crippen molar-refractivity contribution in [1.29, 1.82) is 0 Å². The Balaban J connectivity index is 1.53. The van der Waals surface area contributed by atoms with Crippen LogP contribution in [0.15, 0.2) is 36.8 Å². The smallest absolute Gasteiger partial charge is 0.259 e. The lowest BCUT2D eigenvalue weighted by atomic mass is 10.1. The van der Waals surface area contributed by atoms with E-state index in [-0.39, 0.29) is 11.9 Å². The third-order valence-corrected chi connectivity index (χ3v) is 4.77. The number of aryl methyl sites for hydroxylation is 1. The van der Waals surface area contributed by atoms with Crippen molar-refractivity contribution < 1.29 is 4.79 Å². The van der Waals surface area contributed by atoms with Gasteiger partial charge in [-0.1, -0.05) is 18.2 Å². The lowest BCUT2D eigenvalue weighted by Crippen LogP contribution is -2.54. The number of aromatic nitrogens is 6. The number of rotatable bonds is 3. The van der Waals surface area contributed by atoms with E-state index in [1.165, 1.54) is 28.5 Å². The molecule has 1 saturated heterocycles. The van der Waals surface area contributed by atoms with E-state index in [1.54, 1.807) is 0 Å². The van der Waals surface area contributed by atoms with Gasteiger partial charge in [-0.25, -0.2) is 0 Å². The minimum absolute atomic E-state index is 0.0683. The van der Waals surface area contributed by atoms with Crippen molar-refractivity contribution in [2.45, 2.75) is 19.9 Å². The van der Waals surface area contributed by atoms with Crippen LogP contribution in [0.1, 0.15) is 22.8 Å². The van der Waals surface area contributed by atoms with E-state index in [2.05, 4.69) is 62.7 Å². The molecule has 1 aromatic carbocycles. The van der Waals surface area contributed by atoms with E-state index in [0.717, 1.165) is 13.1 Å². The highest BCUT2D eigenvalue weighted by molar-refractivity contribution is 5.97. The van der Waals surface area contributed by atoms with Gasteiger partial charge in [0.15, 0.2) is 5.82 Å². The molecule has 0 bridgehead atoms. The van der Waals surface area contributed by atoms with E-state index >= 15 is 0 Å². The second-order valence-electron chi connectivity index (χ2n) is 6.47. The predicted molar refractivity (Wildman–Crippen MR) is 95.2 cm³/mol. The van der Waals surface area contributed by atoms with E-state index in [0.29, 0.717) is 17.9 Å². The standard InChI is InChI=1S/C17H20N8O/c1-12-5-3-4-6-15(12)23-7-8-24(13(2)10-23)17(26)14-9-18-20-16(14)25-11-19-21-22-25/h3-6,9,11,13H,7-8,10H2,1-2H3,(H,18,20). The minimum Gasteiger partial charge on any atom is -0.367 e. The molecule has 0 radical (unpaired) electrons. The van der Waals surface area contributed by atoms with Crippen molar-refractivity contribution in [2.24, 2.45) is 0 Å². The van der Waals surface area contributed by atoms with Gasteiger partial charge in [0, 0.05) is 31.4 Å². The van der Waals surface area contributed by atoms with Gasteiger partial charge in [-0.2, -0.15) is 9.78 Å². The van der Waals surface area contributed by atoms with Gasteiger partial charge >= 0.3 is 0 Å².